The minimum Gasteiger partial charge on any atom is -0.818 e. The second-order valence-corrected chi connectivity index (χ2v) is 13.8. The first-order valence-corrected chi connectivity index (χ1v) is 16.9. The molecular weight excluding hydrogens is 770 g/mol. The first-order valence-electron chi connectivity index (χ1n) is 13.1. The van der Waals surface area contributed by atoms with Crippen molar-refractivity contribution in [1.82, 2.24) is 9.97 Å². The van der Waals surface area contributed by atoms with Gasteiger partial charge in [0.15, 0.2) is 0 Å². The van der Waals surface area contributed by atoms with Gasteiger partial charge in [-0.15, -0.1) is 0 Å². The van der Waals surface area contributed by atoms with Crippen LogP contribution in [0.2, 0.25) is 0 Å². The first-order chi connectivity index (χ1) is 20.3. The van der Waals surface area contributed by atoms with Gasteiger partial charge in [0.1, 0.15) is 0 Å². The Balaban J connectivity index is 0.000000207. The molecule has 0 saturated carbocycles. The molecule has 0 fully saturated rings. The predicted octanol–water partition coefficient (Wildman–Crippen LogP) is 5.71. The van der Waals surface area contributed by atoms with E-state index >= 15 is 0 Å². The Morgan fingerprint density at radius 1 is 0.381 bits per heavy atom. The molecule has 42 heavy (non-hydrogen) atoms. The summed E-state index contributed by atoms with van der Waals surface area (Å²) in [5.41, 5.74) is 2.30. The fraction of sp³-hybridized carbons (Fsp3) is 0.0286. The summed E-state index contributed by atoms with van der Waals surface area (Å²) in [6.07, 6.45) is 3.74. The van der Waals surface area contributed by atoms with E-state index in [4.69, 9.17) is 0 Å². The Kier molecular flexibility index (Phi) is 15.8. The molecule has 4 aromatic carbocycles. The maximum absolute atomic E-state index is 4.56. The quantitative estimate of drug-likeness (QED) is 0.159. The largest absolute Gasteiger partial charge is 2.00 e. The number of nitrogens with zero attached hydrogens (tertiary/aromatic N) is 2. The Bertz CT molecular complexity index is 1210. The van der Waals surface area contributed by atoms with Gasteiger partial charge < -0.3 is 30.3 Å². The van der Waals surface area contributed by atoms with E-state index in [2.05, 4.69) is 181 Å². The molecule has 2 aromatic heterocycles. The molecule has 212 valence electrons. The third-order valence-corrected chi connectivity index (χ3v) is 10.5. The molecule has 6 rings (SSSR count). The SMILES string of the molecule is [Pt+2].[S-]C[S-].c1ccc(P(c2ccccc2)c2ccccn2)cc1.c1ccc(P(c2ccccc2)c2ccccn2)cc1. The summed E-state index contributed by atoms with van der Waals surface area (Å²) in [6.45, 7) is 0. The van der Waals surface area contributed by atoms with Gasteiger partial charge in [-0.3, -0.25) is 9.97 Å². The topological polar surface area (TPSA) is 25.8 Å². The van der Waals surface area contributed by atoms with Crippen LogP contribution in [0.5, 0.6) is 0 Å². The van der Waals surface area contributed by atoms with Gasteiger partial charge >= 0.3 is 21.1 Å². The summed E-state index contributed by atoms with van der Waals surface area (Å²) in [5, 5.41) is 5.76. The molecule has 0 N–H and O–H groups in total. The van der Waals surface area contributed by atoms with E-state index in [0.29, 0.717) is 5.08 Å². The second kappa shape index (κ2) is 19.6. The number of benzene rings is 4. The van der Waals surface area contributed by atoms with E-state index < -0.39 is 15.8 Å². The Hall–Kier alpha value is -2.57. The molecule has 0 spiro atoms. The minimum atomic E-state index is -0.557. The van der Waals surface area contributed by atoms with Crippen molar-refractivity contribution in [2.45, 2.75) is 0 Å². The van der Waals surface area contributed by atoms with E-state index in [-0.39, 0.29) is 21.1 Å². The van der Waals surface area contributed by atoms with Crippen LogP contribution in [0.3, 0.4) is 0 Å². The van der Waals surface area contributed by atoms with Gasteiger partial charge in [0.25, 0.3) is 0 Å². The zero-order chi connectivity index (χ0) is 28.5. The van der Waals surface area contributed by atoms with Gasteiger partial charge in [-0.05, 0) is 45.5 Å². The molecular formula is C35H30N2P2PtS2. The van der Waals surface area contributed by atoms with Gasteiger partial charge in [-0.2, -0.15) is 0 Å². The van der Waals surface area contributed by atoms with Gasteiger partial charge in [0.05, 0.1) is 10.9 Å². The Morgan fingerprint density at radius 2 is 0.619 bits per heavy atom. The maximum Gasteiger partial charge on any atom is 2.00 e. The molecule has 0 bridgehead atoms. The molecule has 0 saturated heterocycles. The Morgan fingerprint density at radius 3 is 0.833 bits per heavy atom. The monoisotopic (exact) mass is 799 g/mol. The number of hydrogen-bond donors (Lipinski definition) is 0. The van der Waals surface area contributed by atoms with Crippen molar-refractivity contribution in [3.05, 3.63) is 170 Å². The molecule has 0 radical (unpaired) electrons. The molecule has 0 aliphatic carbocycles. The van der Waals surface area contributed by atoms with Crippen LogP contribution in [-0.4, -0.2) is 15.1 Å². The van der Waals surface area contributed by atoms with Crippen molar-refractivity contribution >= 4 is 73.2 Å². The molecule has 7 heteroatoms. The Labute approximate surface area is 277 Å². The number of pyridine rings is 2. The van der Waals surface area contributed by atoms with E-state index in [1.165, 1.54) is 21.2 Å². The van der Waals surface area contributed by atoms with E-state index in [9.17, 15) is 0 Å². The fourth-order valence-corrected chi connectivity index (χ4v) is 8.48. The smallest absolute Gasteiger partial charge is 0.818 e. The van der Waals surface area contributed by atoms with E-state index in [1.54, 1.807) is 0 Å². The number of rotatable bonds is 6. The molecule has 0 unspecified atom stereocenters. The second-order valence-electron chi connectivity index (χ2n) is 8.51. The molecule has 0 aliphatic rings. The van der Waals surface area contributed by atoms with Crippen molar-refractivity contribution in [2.24, 2.45) is 0 Å². The average Bonchev–Trinajstić information content (AvgIpc) is 3.05. The van der Waals surface area contributed by atoms with Crippen LogP contribution < -0.4 is 32.1 Å². The standard InChI is InChI=1S/2C17H14NP.CH4S2.Pt/c2*1-3-9-15(10-4-1)19(16-11-5-2-6-12-16)17-13-7-8-14-18-17;2-1-3;/h2*1-14H;2-3H,1H2;/q;;;+2/p-2. The van der Waals surface area contributed by atoms with Crippen LogP contribution in [-0.2, 0) is 46.3 Å². The molecule has 0 atom stereocenters. The van der Waals surface area contributed by atoms with Crippen LogP contribution in [0.25, 0.3) is 0 Å². The first kappa shape index (κ1) is 33.9. The summed E-state index contributed by atoms with van der Waals surface area (Å²) in [4.78, 5) is 9.12. The minimum absolute atomic E-state index is 0. The van der Waals surface area contributed by atoms with Crippen LogP contribution in [0, 0.1) is 0 Å². The van der Waals surface area contributed by atoms with Crippen LogP contribution in [0.4, 0.5) is 0 Å². The van der Waals surface area contributed by atoms with Crippen molar-refractivity contribution in [3.8, 4) is 0 Å². The van der Waals surface area contributed by atoms with Crippen molar-refractivity contribution in [1.29, 1.82) is 0 Å². The van der Waals surface area contributed by atoms with Crippen LogP contribution in [0.1, 0.15) is 0 Å². The van der Waals surface area contributed by atoms with Gasteiger partial charge in [-0.25, -0.2) is 0 Å². The van der Waals surface area contributed by atoms with Gasteiger partial charge in [0, 0.05) is 28.2 Å². The van der Waals surface area contributed by atoms with E-state index in [1.807, 2.05) is 24.5 Å². The zero-order valence-electron chi connectivity index (χ0n) is 22.8. The predicted molar refractivity (Wildman–Crippen MR) is 185 cm³/mol. The molecule has 6 aromatic rings. The van der Waals surface area contributed by atoms with Crippen LogP contribution in [0.15, 0.2) is 170 Å². The number of aromatic nitrogens is 2. The van der Waals surface area contributed by atoms with Crippen molar-refractivity contribution in [3.63, 3.8) is 0 Å². The summed E-state index contributed by atoms with van der Waals surface area (Å²) < 4.78 is 0. The van der Waals surface area contributed by atoms with Crippen molar-refractivity contribution in [2.75, 3.05) is 5.08 Å². The summed E-state index contributed by atoms with van der Waals surface area (Å²) in [7, 11) is -1.11. The van der Waals surface area contributed by atoms with Crippen molar-refractivity contribution < 1.29 is 21.1 Å². The molecule has 2 nitrogen and oxygen atoms in total. The summed E-state index contributed by atoms with van der Waals surface area (Å²) >= 11 is 8.42. The zero-order valence-corrected chi connectivity index (χ0v) is 28.5. The molecule has 0 amide bonds. The van der Waals surface area contributed by atoms with E-state index in [0.717, 1.165) is 10.9 Å². The third-order valence-electron chi connectivity index (χ3n) is 5.81. The fourth-order valence-electron chi connectivity index (χ4n) is 4.11. The molecule has 2 heterocycles. The third kappa shape index (κ3) is 10.3. The summed E-state index contributed by atoms with van der Waals surface area (Å²) in [5.74, 6) is 0. The van der Waals surface area contributed by atoms with Gasteiger partial charge in [-0.1, -0.05) is 133 Å². The average molecular weight is 800 g/mol. The van der Waals surface area contributed by atoms with Gasteiger partial charge in [0.2, 0.25) is 0 Å². The number of hydrogen-bond acceptors (Lipinski definition) is 4. The normalized spacial score (nSPS) is 10.0. The molecule has 0 aliphatic heterocycles. The summed E-state index contributed by atoms with van der Waals surface area (Å²) in [6, 6.07) is 54.8. The van der Waals surface area contributed by atoms with Crippen LogP contribution >= 0.6 is 15.8 Å². The maximum atomic E-state index is 4.56.